The standard InChI is InChI=1S/C18H23ClN6O/c1-18(2,16-22-7-13-12(19)4-3-5-25(13)16)23-15(26)14-10-6-11(14)9-24(8-10)17(20)21/h3-5,7,10-11,14H,6,8-9H2,1-2H3,(H3,20,21)(H,23,26)/t10-,11?,14?/m0/s1. The molecule has 0 spiro atoms. The minimum Gasteiger partial charge on any atom is -0.370 e. The van der Waals surface area contributed by atoms with Gasteiger partial charge < -0.3 is 20.4 Å². The van der Waals surface area contributed by atoms with Gasteiger partial charge in [-0.05, 0) is 44.2 Å². The topological polar surface area (TPSA) is 99.5 Å². The second-order valence-corrected chi connectivity index (χ2v) is 8.29. The number of hydrogen-bond donors (Lipinski definition) is 3. The molecule has 3 atom stereocenters. The van der Waals surface area contributed by atoms with E-state index in [0.29, 0.717) is 18.1 Å². The van der Waals surface area contributed by atoms with E-state index in [0.717, 1.165) is 17.8 Å². The Balaban J connectivity index is 1.52. The van der Waals surface area contributed by atoms with Crippen molar-refractivity contribution in [2.24, 2.45) is 23.5 Å². The van der Waals surface area contributed by atoms with Crippen molar-refractivity contribution in [2.75, 3.05) is 13.1 Å². The molecule has 7 nitrogen and oxygen atoms in total. The molecule has 2 unspecified atom stereocenters. The maximum atomic E-state index is 13.0. The maximum Gasteiger partial charge on any atom is 0.224 e. The number of pyridine rings is 1. The predicted molar refractivity (Wildman–Crippen MR) is 99.9 cm³/mol. The molecule has 1 amide bonds. The van der Waals surface area contributed by atoms with Gasteiger partial charge in [-0.1, -0.05) is 11.6 Å². The summed E-state index contributed by atoms with van der Waals surface area (Å²) in [5, 5.41) is 11.4. The molecule has 2 aromatic rings. The highest BCUT2D eigenvalue weighted by Crippen LogP contribution is 2.45. The summed E-state index contributed by atoms with van der Waals surface area (Å²) in [5.41, 5.74) is 5.79. The second-order valence-electron chi connectivity index (χ2n) is 7.88. The van der Waals surface area contributed by atoms with Crippen LogP contribution in [0.5, 0.6) is 0 Å². The summed E-state index contributed by atoms with van der Waals surface area (Å²) in [7, 11) is 0. The molecule has 8 heteroatoms. The first-order valence-electron chi connectivity index (χ1n) is 8.81. The predicted octanol–water partition coefficient (Wildman–Crippen LogP) is 1.80. The fourth-order valence-corrected chi connectivity index (χ4v) is 4.62. The van der Waals surface area contributed by atoms with Crippen LogP contribution < -0.4 is 11.1 Å². The third-order valence-corrected chi connectivity index (χ3v) is 6.01. The lowest BCUT2D eigenvalue weighted by Gasteiger charge is -2.53. The molecule has 0 aromatic carbocycles. The molecule has 26 heavy (non-hydrogen) atoms. The fraction of sp³-hybridized carbons (Fsp3) is 0.500. The van der Waals surface area contributed by atoms with Gasteiger partial charge in [0.1, 0.15) is 5.82 Å². The van der Waals surface area contributed by atoms with Crippen molar-refractivity contribution in [1.29, 1.82) is 5.41 Å². The molecule has 2 bridgehead atoms. The van der Waals surface area contributed by atoms with Gasteiger partial charge in [0.05, 0.1) is 22.3 Å². The van der Waals surface area contributed by atoms with Crippen molar-refractivity contribution in [3.05, 3.63) is 35.4 Å². The normalized spacial score (nSPS) is 25.0. The number of carbonyl (C=O) groups is 1. The molecule has 1 saturated carbocycles. The summed E-state index contributed by atoms with van der Waals surface area (Å²) >= 11 is 6.23. The molecule has 2 fully saturated rings. The molecule has 1 aliphatic heterocycles. The van der Waals surface area contributed by atoms with Gasteiger partial charge in [-0.3, -0.25) is 10.2 Å². The van der Waals surface area contributed by atoms with Crippen LogP contribution in [0.3, 0.4) is 0 Å². The number of nitrogens with zero attached hydrogens (tertiary/aromatic N) is 3. The van der Waals surface area contributed by atoms with Gasteiger partial charge in [0, 0.05) is 25.2 Å². The number of amides is 1. The third kappa shape index (κ3) is 2.61. The van der Waals surface area contributed by atoms with Crippen molar-refractivity contribution in [2.45, 2.75) is 25.8 Å². The van der Waals surface area contributed by atoms with Crippen LogP contribution in [-0.4, -0.2) is 39.2 Å². The number of aromatic nitrogens is 2. The highest BCUT2D eigenvalue weighted by Gasteiger charge is 2.51. The smallest absolute Gasteiger partial charge is 0.224 e. The van der Waals surface area contributed by atoms with Crippen LogP contribution in [0.25, 0.3) is 5.52 Å². The molecular weight excluding hydrogens is 352 g/mol. The van der Waals surface area contributed by atoms with Crippen LogP contribution in [0.4, 0.5) is 0 Å². The monoisotopic (exact) mass is 374 g/mol. The SMILES string of the molecule is CC(C)(NC(=O)C1C2C[C@H]1CN(C(=N)N)C2)c1ncc2c(Cl)cccn12. The van der Waals surface area contributed by atoms with Crippen molar-refractivity contribution in [1.82, 2.24) is 19.6 Å². The van der Waals surface area contributed by atoms with Crippen LogP contribution >= 0.6 is 11.6 Å². The zero-order valence-corrected chi connectivity index (χ0v) is 15.6. The van der Waals surface area contributed by atoms with E-state index < -0.39 is 5.54 Å². The zero-order chi connectivity index (χ0) is 18.6. The van der Waals surface area contributed by atoms with Crippen LogP contribution in [0, 0.1) is 23.2 Å². The Morgan fingerprint density at radius 2 is 2.12 bits per heavy atom. The molecule has 138 valence electrons. The molecule has 1 aliphatic carbocycles. The Bertz CT molecular complexity index is 879. The number of rotatable bonds is 3. The zero-order valence-electron chi connectivity index (χ0n) is 14.9. The summed E-state index contributed by atoms with van der Waals surface area (Å²) in [6.07, 6.45) is 4.67. The molecule has 2 aromatic heterocycles. The number of halogens is 1. The van der Waals surface area contributed by atoms with Crippen LogP contribution in [-0.2, 0) is 10.3 Å². The van der Waals surface area contributed by atoms with E-state index in [4.69, 9.17) is 22.7 Å². The second kappa shape index (κ2) is 5.87. The van der Waals surface area contributed by atoms with Gasteiger partial charge in [-0.25, -0.2) is 4.98 Å². The van der Waals surface area contributed by atoms with Gasteiger partial charge >= 0.3 is 0 Å². The van der Waals surface area contributed by atoms with E-state index in [2.05, 4.69) is 10.3 Å². The van der Waals surface area contributed by atoms with Crippen LogP contribution in [0.2, 0.25) is 5.02 Å². The average molecular weight is 375 g/mol. The van der Waals surface area contributed by atoms with Crippen molar-refractivity contribution < 1.29 is 4.79 Å². The summed E-state index contributed by atoms with van der Waals surface area (Å²) in [6, 6.07) is 3.69. The number of likely N-dealkylation sites (tertiary alicyclic amines) is 1. The van der Waals surface area contributed by atoms with E-state index in [1.165, 1.54) is 0 Å². The van der Waals surface area contributed by atoms with E-state index in [9.17, 15) is 4.79 Å². The summed E-state index contributed by atoms with van der Waals surface area (Å²) < 4.78 is 1.92. The number of piperidine rings is 2. The molecule has 3 heterocycles. The van der Waals surface area contributed by atoms with Crippen molar-refractivity contribution in [3.63, 3.8) is 0 Å². The number of carbonyl (C=O) groups excluding carboxylic acids is 1. The van der Waals surface area contributed by atoms with Crippen LogP contribution in [0.1, 0.15) is 26.1 Å². The largest absolute Gasteiger partial charge is 0.370 e. The van der Waals surface area contributed by atoms with Crippen LogP contribution in [0.15, 0.2) is 24.5 Å². The average Bonchev–Trinajstić information content (AvgIpc) is 3.00. The Kier molecular flexibility index (Phi) is 3.87. The third-order valence-electron chi connectivity index (χ3n) is 5.69. The molecule has 4 N–H and O–H groups in total. The van der Waals surface area contributed by atoms with Gasteiger partial charge in [0.15, 0.2) is 5.96 Å². The maximum absolute atomic E-state index is 13.0. The lowest BCUT2D eigenvalue weighted by atomic mass is 9.61. The van der Waals surface area contributed by atoms with Crippen molar-refractivity contribution >= 4 is 29.0 Å². The number of imidazole rings is 1. The summed E-state index contributed by atoms with van der Waals surface area (Å²) in [4.78, 5) is 19.3. The minimum atomic E-state index is -0.627. The summed E-state index contributed by atoms with van der Waals surface area (Å²) in [5.74, 6) is 1.41. The Hall–Kier alpha value is -2.28. The number of guanidine groups is 1. The first-order valence-corrected chi connectivity index (χ1v) is 9.19. The molecule has 1 saturated heterocycles. The van der Waals surface area contributed by atoms with Gasteiger partial charge in [-0.2, -0.15) is 0 Å². The van der Waals surface area contributed by atoms with Gasteiger partial charge in [-0.15, -0.1) is 0 Å². The van der Waals surface area contributed by atoms with E-state index in [1.807, 2.05) is 41.5 Å². The summed E-state index contributed by atoms with van der Waals surface area (Å²) in [6.45, 7) is 5.28. The Labute approximate surface area is 157 Å². The molecule has 2 aliphatic rings. The highest BCUT2D eigenvalue weighted by molar-refractivity contribution is 6.33. The highest BCUT2D eigenvalue weighted by atomic mass is 35.5. The quantitative estimate of drug-likeness (QED) is 0.563. The minimum absolute atomic E-state index is 0.0142. The number of nitrogens with two attached hydrogens (primary N) is 1. The first kappa shape index (κ1) is 17.1. The molecule has 4 rings (SSSR count). The Morgan fingerprint density at radius 1 is 1.42 bits per heavy atom. The van der Waals surface area contributed by atoms with E-state index in [-0.39, 0.29) is 29.6 Å². The molecule has 0 radical (unpaired) electrons. The fourth-order valence-electron chi connectivity index (χ4n) is 4.41. The lowest BCUT2D eigenvalue weighted by molar-refractivity contribution is -0.141. The number of hydrogen-bond acceptors (Lipinski definition) is 3. The first-order chi connectivity index (χ1) is 12.3. The Morgan fingerprint density at radius 3 is 2.77 bits per heavy atom. The van der Waals surface area contributed by atoms with E-state index in [1.54, 1.807) is 6.20 Å². The molecular formula is C18H23ClN6O. The van der Waals surface area contributed by atoms with Gasteiger partial charge in [0.25, 0.3) is 0 Å². The van der Waals surface area contributed by atoms with E-state index >= 15 is 0 Å². The lowest BCUT2D eigenvalue weighted by Crippen LogP contribution is -2.62. The number of fused-ring (bicyclic) bond motifs is 3. The van der Waals surface area contributed by atoms with Gasteiger partial charge in [0.2, 0.25) is 5.91 Å². The number of nitrogens with one attached hydrogen (secondary N) is 2. The van der Waals surface area contributed by atoms with Crippen molar-refractivity contribution in [3.8, 4) is 0 Å².